The van der Waals surface area contributed by atoms with Crippen LogP contribution in [-0.2, 0) is 0 Å². The van der Waals surface area contributed by atoms with Crippen LogP contribution in [0.5, 0.6) is 0 Å². The molecule has 0 aliphatic heterocycles. The monoisotopic (exact) mass is 108 g/mol. The predicted octanol–water partition coefficient (Wildman–Crippen LogP) is 0.796. The average Bonchev–Trinajstić information content (AvgIpc) is 1.39. The van der Waals surface area contributed by atoms with Gasteiger partial charge in [-0.2, -0.15) is 4.94 Å². The Morgan fingerprint density at radius 1 is 2.00 bits per heavy atom. The van der Waals surface area contributed by atoms with Crippen molar-refractivity contribution >= 4 is 11.8 Å². The summed E-state index contributed by atoms with van der Waals surface area (Å²) in [7, 11) is 0. The largest absolute Gasteiger partial charge is 0.257 e. The van der Waals surface area contributed by atoms with Gasteiger partial charge in [0.25, 0.3) is 0 Å². The molecule has 0 saturated heterocycles. The lowest BCUT2D eigenvalue weighted by molar-refractivity contribution is 1.10. The van der Waals surface area contributed by atoms with E-state index in [9.17, 15) is 0 Å². The molecule has 3 heteroatoms. The van der Waals surface area contributed by atoms with Crippen molar-refractivity contribution in [2.75, 3.05) is 0 Å². The summed E-state index contributed by atoms with van der Waals surface area (Å²) in [6, 6.07) is 0. The highest BCUT2D eigenvalue weighted by Gasteiger charge is 1.27. The second-order valence-corrected chi connectivity index (χ2v) is 0.736. The topological polar surface area (TPSA) is 38.0 Å². The van der Waals surface area contributed by atoms with E-state index in [2.05, 4.69) is 24.2 Å². The number of hydrogen-bond donors (Lipinski definition) is 2. The maximum absolute atomic E-state index is 4.53. The third-order valence-electron chi connectivity index (χ3n) is 0. The van der Waals surface area contributed by atoms with Crippen molar-refractivity contribution in [3.05, 3.63) is 12.7 Å². The predicted molar refractivity (Wildman–Crippen MR) is 29.0 cm³/mol. The quantitative estimate of drug-likeness (QED) is 0.209. The van der Waals surface area contributed by atoms with Crippen molar-refractivity contribution in [2.24, 2.45) is 5.84 Å². The number of halogens is 1. The maximum atomic E-state index is 4.53. The highest BCUT2D eigenvalue weighted by molar-refractivity contribution is 6.12. The zero-order valence-electron chi connectivity index (χ0n) is 3.74. The number of nitrogens with two attached hydrogens (primary N) is 1. The Balaban J connectivity index is 0. The summed E-state index contributed by atoms with van der Waals surface area (Å²) in [5.41, 5.74) is 0. The first-order chi connectivity index (χ1) is 2.83. The lowest BCUT2D eigenvalue weighted by atomic mass is 10.8. The van der Waals surface area contributed by atoms with E-state index in [0.29, 0.717) is 0 Å². The molecule has 3 N–H and O–H groups in total. The highest BCUT2D eigenvalue weighted by Crippen LogP contribution is 1.38. The van der Waals surface area contributed by atoms with Gasteiger partial charge in [-0.1, -0.05) is 6.08 Å². The summed E-state index contributed by atoms with van der Waals surface area (Å²) in [5.74, 6) is 4.36. The molecule has 2 nitrogen and oxygen atoms in total. The van der Waals surface area contributed by atoms with E-state index in [0.717, 1.165) is 0 Å². The first-order valence-electron chi connectivity index (χ1n) is 1.46. The minimum atomic E-state index is 1.72. The fourth-order valence-electron chi connectivity index (χ4n) is 0. The molecular formula is C3H9ClN2. The van der Waals surface area contributed by atoms with E-state index in [1.54, 1.807) is 11.0 Å². The molecule has 0 rings (SSSR count). The van der Waals surface area contributed by atoms with E-state index in [1.807, 2.05) is 6.92 Å². The number of rotatable bonds is 0. The Kier molecular flexibility index (Phi) is 31.6. The number of hydrogen-bond acceptors (Lipinski definition) is 2. The Bertz CT molecular complexity index is 22.8. The van der Waals surface area contributed by atoms with E-state index in [1.165, 1.54) is 0 Å². The van der Waals surface area contributed by atoms with Crippen LogP contribution in [0.4, 0.5) is 0 Å². The Labute approximate surface area is 43.1 Å². The van der Waals surface area contributed by atoms with Gasteiger partial charge in [-0.15, -0.1) is 6.58 Å². The number of allylic oxidation sites excluding steroid dienone is 1. The normalized spacial score (nSPS) is 5.17. The fraction of sp³-hybridized carbons (Fsp3) is 0.333. The van der Waals surface area contributed by atoms with Crippen LogP contribution < -0.4 is 10.8 Å². The zero-order valence-corrected chi connectivity index (χ0v) is 4.50. The van der Waals surface area contributed by atoms with Gasteiger partial charge in [-0.25, -0.2) is 0 Å². The molecule has 0 aliphatic carbocycles. The first-order valence-corrected chi connectivity index (χ1v) is 1.84. The molecule has 0 aromatic rings. The van der Waals surface area contributed by atoms with Crippen LogP contribution in [0.3, 0.4) is 0 Å². The molecular weight excluding hydrogens is 99.5 g/mol. The molecule has 0 aromatic carbocycles. The van der Waals surface area contributed by atoms with Crippen LogP contribution in [-0.4, -0.2) is 0 Å². The Hall–Kier alpha value is -0.0500. The van der Waals surface area contributed by atoms with Crippen molar-refractivity contribution in [2.45, 2.75) is 6.92 Å². The first kappa shape index (κ1) is 9.34. The Morgan fingerprint density at radius 3 is 2.00 bits per heavy atom. The fourth-order valence-corrected chi connectivity index (χ4v) is 0. The van der Waals surface area contributed by atoms with Crippen LogP contribution in [0, 0.1) is 0 Å². The summed E-state index contributed by atoms with van der Waals surface area (Å²) in [6.45, 7) is 5.25. The molecule has 0 saturated carbocycles. The molecule has 0 unspecified atom stereocenters. The van der Waals surface area contributed by atoms with Crippen LogP contribution >= 0.6 is 11.8 Å². The molecule has 0 spiro atoms. The molecule has 38 valence electrons. The van der Waals surface area contributed by atoms with Crippen molar-refractivity contribution in [3.63, 3.8) is 0 Å². The van der Waals surface area contributed by atoms with E-state index >= 15 is 0 Å². The summed E-state index contributed by atoms with van der Waals surface area (Å²) in [6.07, 6.45) is 1.75. The minimum absolute atomic E-state index is 1.72. The molecule has 0 radical (unpaired) electrons. The maximum Gasteiger partial charge on any atom is -0.00899 e. The number of nitrogens with one attached hydrogen (secondary N) is 1. The smallest absolute Gasteiger partial charge is 0.00899 e. The molecule has 0 heterocycles. The molecule has 0 atom stereocenters. The van der Waals surface area contributed by atoms with Gasteiger partial charge in [0.2, 0.25) is 0 Å². The molecule has 0 aromatic heterocycles. The zero-order chi connectivity index (χ0) is 5.41. The van der Waals surface area contributed by atoms with Gasteiger partial charge in [0.15, 0.2) is 0 Å². The summed E-state index contributed by atoms with van der Waals surface area (Å²) >= 11 is 4.53. The second kappa shape index (κ2) is 20.3. The minimum Gasteiger partial charge on any atom is -0.257 e. The summed E-state index contributed by atoms with van der Waals surface area (Å²) < 4.78 is 0. The molecule has 0 bridgehead atoms. The molecule has 6 heavy (non-hydrogen) atoms. The lowest BCUT2D eigenvalue weighted by Crippen LogP contribution is -2.05. The van der Waals surface area contributed by atoms with Crippen LogP contribution in [0.1, 0.15) is 6.92 Å². The Morgan fingerprint density at radius 2 is 2.00 bits per heavy atom. The van der Waals surface area contributed by atoms with Crippen molar-refractivity contribution in [3.8, 4) is 0 Å². The SMILES string of the molecule is C=CC.NNCl. The molecule has 0 aliphatic rings. The van der Waals surface area contributed by atoms with Crippen molar-refractivity contribution in [1.29, 1.82) is 0 Å². The third kappa shape index (κ3) is 13700. The third-order valence-corrected chi connectivity index (χ3v) is 0. The van der Waals surface area contributed by atoms with Crippen LogP contribution in [0.2, 0.25) is 0 Å². The van der Waals surface area contributed by atoms with Gasteiger partial charge >= 0.3 is 0 Å². The molecule has 0 fully saturated rings. The van der Waals surface area contributed by atoms with E-state index < -0.39 is 0 Å². The van der Waals surface area contributed by atoms with Gasteiger partial charge in [-0.05, 0) is 18.7 Å². The van der Waals surface area contributed by atoms with Gasteiger partial charge < -0.3 is 0 Å². The summed E-state index contributed by atoms with van der Waals surface area (Å²) in [5, 5.41) is 0. The van der Waals surface area contributed by atoms with Gasteiger partial charge in [0.1, 0.15) is 0 Å². The van der Waals surface area contributed by atoms with E-state index in [4.69, 9.17) is 0 Å². The number of hydrazine groups is 1. The molecule has 0 amide bonds. The standard InChI is InChI=1S/C3H6.ClH3N2/c2*1-3-2/h3H,1H2,2H3;3H,2H2. The van der Waals surface area contributed by atoms with Crippen LogP contribution in [0.25, 0.3) is 0 Å². The summed E-state index contributed by atoms with van der Waals surface area (Å²) in [4.78, 5) is 1.72. The van der Waals surface area contributed by atoms with Gasteiger partial charge in [-0.3, -0.25) is 5.84 Å². The van der Waals surface area contributed by atoms with Gasteiger partial charge in [0, 0.05) is 0 Å². The average molecular weight is 109 g/mol. The van der Waals surface area contributed by atoms with Gasteiger partial charge in [0.05, 0.1) is 0 Å². The lowest BCUT2D eigenvalue weighted by Gasteiger charge is -1.57. The van der Waals surface area contributed by atoms with E-state index in [-0.39, 0.29) is 0 Å². The van der Waals surface area contributed by atoms with Crippen molar-refractivity contribution < 1.29 is 0 Å². The second-order valence-electron chi connectivity index (χ2n) is 0.517. The van der Waals surface area contributed by atoms with Crippen molar-refractivity contribution in [1.82, 2.24) is 4.94 Å². The highest BCUT2D eigenvalue weighted by atomic mass is 35.5. The van der Waals surface area contributed by atoms with Crippen LogP contribution in [0.15, 0.2) is 12.7 Å².